The maximum Gasteiger partial charge on any atom is 0.251 e. The molecule has 1 aromatic carbocycles. The van der Waals surface area contributed by atoms with Gasteiger partial charge in [-0.2, -0.15) is 5.10 Å². The Labute approximate surface area is 129 Å². The van der Waals surface area contributed by atoms with Crippen LogP contribution >= 0.6 is 0 Å². The fourth-order valence-corrected chi connectivity index (χ4v) is 2.88. The van der Waals surface area contributed by atoms with Gasteiger partial charge in [-0.3, -0.25) is 4.79 Å². The number of benzene rings is 1. The molecule has 0 radical (unpaired) electrons. The molecule has 1 aliphatic heterocycles. The van der Waals surface area contributed by atoms with E-state index in [4.69, 9.17) is 0 Å². The normalized spacial score (nSPS) is 21.5. The van der Waals surface area contributed by atoms with Crippen LogP contribution < -0.4 is 10.6 Å². The molecule has 2 heterocycles. The van der Waals surface area contributed by atoms with E-state index in [2.05, 4.69) is 27.6 Å². The molecule has 0 saturated carbocycles. The van der Waals surface area contributed by atoms with Crippen molar-refractivity contribution in [2.24, 2.45) is 0 Å². The van der Waals surface area contributed by atoms with Gasteiger partial charge in [0.1, 0.15) is 12.7 Å². The zero-order chi connectivity index (χ0) is 15.5. The van der Waals surface area contributed by atoms with Crippen LogP contribution in [0.4, 0.5) is 0 Å². The summed E-state index contributed by atoms with van der Waals surface area (Å²) in [5.41, 5.74) is 2.61. The molecule has 1 amide bonds. The molecule has 1 aliphatic rings. The molecule has 22 heavy (non-hydrogen) atoms. The van der Waals surface area contributed by atoms with E-state index < -0.39 is 0 Å². The van der Waals surface area contributed by atoms with Gasteiger partial charge in [-0.1, -0.05) is 0 Å². The van der Waals surface area contributed by atoms with Crippen LogP contribution in [0.5, 0.6) is 0 Å². The van der Waals surface area contributed by atoms with Crippen LogP contribution in [-0.2, 0) is 0 Å². The minimum atomic E-state index is -0.0196. The predicted octanol–water partition coefficient (Wildman–Crippen LogP) is 1.45. The lowest BCUT2D eigenvalue weighted by Crippen LogP contribution is -2.51. The number of aryl methyl sites for hydroxylation is 1. The van der Waals surface area contributed by atoms with E-state index in [0.717, 1.165) is 30.6 Å². The summed E-state index contributed by atoms with van der Waals surface area (Å²) in [5.74, 6) is -0.0196. The smallest absolute Gasteiger partial charge is 0.251 e. The molecule has 1 saturated heterocycles. The molecule has 6 nitrogen and oxygen atoms in total. The van der Waals surface area contributed by atoms with Crippen molar-refractivity contribution >= 4 is 5.91 Å². The third-order valence-corrected chi connectivity index (χ3v) is 4.20. The van der Waals surface area contributed by atoms with Crippen molar-refractivity contribution in [2.75, 3.05) is 6.54 Å². The lowest BCUT2D eigenvalue weighted by Gasteiger charge is -2.30. The lowest BCUT2D eigenvalue weighted by atomic mass is 9.99. The summed E-state index contributed by atoms with van der Waals surface area (Å²) in [6.07, 6.45) is 5.27. The highest BCUT2D eigenvalue weighted by atomic mass is 16.1. The van der Waals surface area contributed by atoms with E-state index in [1.807, 2.05) is 25.1 Å². The molecular formula is C16H21N5O. The Bertz CT molecular complexity index is 653. The highest BCUT2D eigenvalue weighted by Crippen LogP contribution is 2.16. The molecule has 2 unspecified atom stereocenters. The van der Waals surface area contributed by atoms with Crippen molar-refractivity contribution in [2.45, 2.75) is 38.8 Å². The first-order chi connectivity index (χ1) is 10.6. The van der Waals surface area contributed by atoms with Gasteiger partial charge in [0.2, 0.25) is 0 Å². The van der Waals surface area contributed by atoms with Crippen LogP contribution in [0.25, 0.3) is 5.69 Å². The van der Waals surface area contributed by atoms with Gasteiger partial charge in [0, 0.05) is 17.6 Å². The second kappa shape index (κ2) is 6.27. The van der Waals surface area contributed by atoms with Crippen LogP contribution in [0, 0.1) is 6.92 Å². The number of aromatic nitrogens is 3. The summed E-state index contributed by atoms with van der Waals surface area (Å²) in [6, 6.07) is 6.14. The molecule has 0 aliphatic carbocycles. The van der Waals surface area contributed by atoms with Crippen molar-refractivity contribution in [3.63, 3.8) is 0 Å². The first-order valence-corrected chi connectivity index (χ1v) is 7.65. The highest BCUT2D eigenvalue weighted by Gasteiger charge is 2.23. The lowest BCUT2D eigenvalue weighted by molar-refractivity contribution is 0.0920. The number of nitrogens with one attached hydrogen (secondary N) is 2. The van der Waals surface area contributed by atoms with Crippen molar-refractivity contribution < 1.29 is 4.79 Å². The monoisotopic (exact) mass is 299 g/mol. The molecule has 116 valence electrons. The molecule has 3 rings (SSSR count). The third kappa shape index (κ3) is 3.01. The Morgan fingerprint density at radius 1 is 1.45 bits per heavy atom. The van der Waals surface area contributed by atoms with Crippen LogP contribution in [0.15, 0.2) is 30.9 Å². The Hall–Kier alpha value is -2.21. The van der Waals surface area contributed by atoms with Gasteiger partial charge in [0.25, 0.3) is 5.91 Å². The number of piperidine rings is 1. The average molecular weight is 299 g/mol. The van der Waals surface area contributed by atoms with Crippen LogP contribution in [0.1, 0.15) is 35.7 Å². The van der Waals surface area contributed by atoms with E-state index in [0.29, 0.717) is 11.6 Å². The SMILES string of the molecule is Cc1cc(C(=O)NC2CCCNC2C)ccc1-n1cncn1. The number of rotatable bonds is 3. The van der Waals surface area contributed by atoms with E-state index in [-0.39, 0.29) is 11.9 Å². The summed E-state index contributed by atoms with van der Waals surface area (Å²) in [6.45, 7) is 5.11. The predicted molar refractivity (Wildman–Crippen MR) is 84.0 cm³/mol. The second-order valence-corrected chi connectivity index (χ2v) is 5.81. The van der Waals surface area contributed by atoms with Crippen molar-refractivity contribution in [1.29, 1.82) is 0 Å². The standard InChI is InChI=1S/C16H21N5O/c1-11-8-13(5-6-15(11)21-10-17-9-19-21)16(22)20-14-4-3-7-18-12(14)2/h5-6,8-10,12,14,18H,3-4,7H2,1-2H3,(H,20,22). The van der Waals surface area contributed by atoms with Gasteiger partial charge < -0.3 is 10.6 Å². The molecular weight excluding hydrogens is 278 g/mol. The maximum absolute atomic E-state index is 12.4. The summed E-state index contributed by atoms with van der Waals surface area (Å²) >= 11 is 0. The van der Waals surface area contributed by atoms with Gasteiger partial charge in [0.05, 0.1) is 5.69 Å². The number of nitrogens with zero attached hydrogens (tertiary/aromatic N) is 3. The van der Waals surface area contributed by atoms with Gasteiger partial charge in [-0.15, -0.1) is 0 Å². The number of carbonyl (C=O) groups excluding carboxylic acids is 1. The van der Waals surface area contributed by atoms with E-state index in [1.165, 1.54) is 6.33 Å². The van der Waals surface area contributed by atoms with Crippen molar-refractivity contribution in [1.82, 2.24) is 25.4 Å². The van der Waals surface area contributed by atoms with E-state index in [9.17, 15) is 4.79 Å². The van der Waals surface area contributed by atoms with Crippen LogP contribution in [-0.4, -0.2) is 39.3 Å². The molecule has 1 fully saturated rings. The molecule has 0 bridgehead atoms. The number of hydrogen-bond donors (Lipinski definition) is 2. The summed E-state index contributed by atoms with van der Waals surface area (Å²) in [4.78, 5) is 16.4. The Balaban J connectivity index is 1.74. The minimum absolute atomic E-state index is 0.0196. The maximum atomic E-state index is 12.4. The van der Waals surface area contributed by atoms with E-state index in [1.54, 1.807) is 11.0 Å². The number of hydrogen-bond acceptors (Lipinski definition) is 4. The molecule has 6 heteroatoms. The molecule has 1 aromatic heterocycles. The summed E-state index contributed by atoms with van der Waals surface area (Å²) < 4.78 is 1.70. The summed E-state index contributed by atoms with van der Waals surface area (Å²) in [7, 11) is 0. The largest absolute Gasteiger partial charge is 0.348 e. The third-order valence-electron chi connectivity index (χ3n) is 4.20. The minimum Gasteiger partial charge on any atom is -0.348 e. The van der Waals surface area contributed by atoms with E-state index >= 15 is 0 Å². The zero-order valence-electron chi connectivity index (χ0n) is 12.9. The van der Waals surface area contributed by atoms with Gasteiger partial charge in [-0.05, 0) is 57.0 Å². The Kier molecular flexibility index (Phi) is 4.20. The molecule has 2 aromatic rings. The topological polar surface area (TPSA) is 71.8 Å². The Morgan fingerprint density at radius 2 is 2.32 bits per heavy atom. The van der Waals surface area contributed by atoms with Crippen LogP contribution in [0.2, 0.25) is 0 Å². The second-order valence-electron chi connectivity index (χ2n) is 5.81. The quantitative estimate of drug-likeness (QED) is 0.900. The highest BCUT2D eigenvalue weighted by molar-refractivity contribution is 5.94. The van der Waals surface area contributed by atoms with Gasteiger partial charge >= 0.3 is 0 Å². The first kappa shape index (κ1) is 14.7. The first-order valence-electron chi connectivity index (χ1n) is 7.65. The fourth-order valence-electron chi connectivity index (χ4n) is 2.88. The van der Waals surface area contributed by atoms with Crippen molar-refractivity contribution in [3.8, 4) is 5.69 Å². The Morgan fingerprint density at radius 3 is 3.00 bits per heavy atom. The zero-order valence-corrected chi connectivity index (χ0v) is 12.9. The van der Waals surface area contributed by atoms with Crippen molar-refractivity contribution in [3.05, 3.63) is 42.0 Å². The number of amides is 1. The average Bonchev–Trinajstić information content (AvgIpc) is 3.03. The van der Waals surface area contributed by atoms with Crippen LogP contribution in [0.3, 0.4) is 0 Å². The van der Waals surface area contributed by atoms with Gasteiger partial charge in [-0.25, -0.2) is 9.67 Å². The molecule has 0 spiro atoms. The number of carbonyl (C=O) groups is 1. The molecule has 2 N–H and O–H groups in total. The fraction of sp³-hybridized carbons (Fsp3) is 0.438. The van der Waals surface area contributed by atoms with Gasteiger partial charge in [0.15, 0.2) is 0 Å². The summed E-state index contributed by atoms with van der Waals surface area (Å²) in [5, 5.41) is 10.6. The molecule has 2 atom stereocenters.